The van der Waals surface area contributed by atoms with Gasteiger partial charge < -0.3 is 14.8 Å². The second-order valence-electron chi connectivity index (χ2n) is 5.33. The van der Waals surface area contributed by atoms with Crippen LogP contribution >= 0.6 is 0 Å². The summed E-state index contributed by atoms with van der Waals surface area (Å²) in [5.41, 5.74) is 1.28. The van der Waals surface area contributed by atoms with Crippen LogP contribution in [-0.2, 0) is 11.3 Å². The lowest BCUT2D eigenvalue weighted by Crippen LogP contribution is -2.84. The van der Waals surface area contributed by atoms with E-state index in [1.807, 2.05) is 0 Å². The molecule has 0 radical (unpaired) electrons. The molecule has 1 heterocycles. The highest BCUT2D eigenvalue weighted by Crippen LogP contribution is 2.27. The number of ether oxygens (including phenoxy) is 2. The zero-order chi connectivity index (χ0) is 13.8. The van der Waals surface area contributed by atoms with Gasteiger partial charge in [0.15, 0.2) is 0 Å². The molecule has 3 nitrogen and oxygen atoms in total. The summed E-state index contributed by atoms with van der Waals surface area (Å²) in [6, 6.07) is 12.7. The minimum atomic E-state index is 0.427. The largest absolute Gasteiger partial charge is 0.496 e. The van der Waals surface area contributed by atoms with Crippen LogP contribution in [0.5, 0.6) is 5.75 Å². The van der Waals surface area contributed by atoms with E-state index < -0.39 is 0 Å². The molecule has 1 fully saturated rings. The lowest BCUT2D eigenvalue weighted by molar-refractivity contribution is -0.676. The van der Waals surface area contributed by atoms with Crippen molar-refractivity contribution in [3.63, 3.8) is 0 Å². The average Bonchev–Trinajstić information content (AvgIpc) is 3.00. The Labute approximate surface area is 119 Å². The molecular weight excluding hydrogens is 250 g/mol. The number of fused-ring (bicyclic) bond motifs is 1. The highest BCUT2D eigenvalue weighted by atomic mass is 16.5. The molecule has 0 aromatic heterocycles. The molecule has 2 aromatic carbocycles. The zero-order valence-corrected chi connectivity index (χ0v) is 12.0. The first kappa shape index (κ1) is 13.4. The van der Waals surface area contributed by atoms with Crippen LogP contribution < -0.4 is 10.1 Å². The topological polar surface area (TPSA) is 35.1 Å². The molecule has 0 unspecified atom stereocenters. The molecule has 1 aliphatic heterocycles. The van der Waals surface area contributed by atoms with Gasteiger partial charge in [0.2, 0.25) is 0 Å². The summed E-state index contributed by atoms with van der Waals surface area (Å²) in [7, 11) is 1.74. The third-order valence-corrected chi connectivity index (χ3v) is 4.02. The fourth-order valence-electron chi connectivity index (χ4n) is 2.96. The molecule has 2 aromatic rings. The summed E-state index contributed by atoms with van der Waals surface area (Å²) >= 11 is 0. The summed E-state index contributed by atoms with van der Waals surface area (Å²) in [6.07, 6.45) is 2.83. The molecule has 1 atom stereocenters. The smallest absolute Gasteiger partial charge is 0.128 e. The Kier molecular flexibility index (Phi) is 4.19. The Bertz CT molecular complexity index is 576. The van der Waals surface area contributed by atoms with Crippen molar-refractivity contribution >= 4 is 10.8 Å². The Morgan fingerprint density at radius 1 is 1.25 bits per heavy atom. The third kappa shape index (κ3) is 2.79. The SMILES string of the molecule is COc1ccc2ccccc2c1C[NH2+]C[C@H]1CCCO1. The Balaban J connectivity index is 1.77. The first-order valence-corrected chi connectivity index (χ1v) is 7.36. The van der Waals surface area contributed by atoms with E-state index in [0.29, 0.717) is 6.10 Å². The molecule has 0 saturated carbocycles. The fraction of sp³-hybridized carbons (Fsp3) is 0.412. The van der Waals surface area contributed by atoms with Gasteiger partial charge >= 0.3 is 0 Å². The number of nitrogens with two attached hydrogens (primary N) is 1. The molecule has 106 valence electrons. The van der Waals surface area contributed by atoms with Crippen molar-refractivity contribution < 1.29 is 14.8 Å². The predicted octanol–water partition coefficient (Wildman–Crippen LogP) is 2.09. The molecule has 1 saturated heterocycles. The molecule has 0 spiro atoms. The maximum absolute atomic E-state index is 5.67. The quantitative estimate of drug-likeness (QED) is 0.904. The molecule has 1 aliphatic rings. The first-order chi connectivity index (χ1) is 9.88. The maximum atomic E-state index is 5.67. The summed E-state index contributed by atoms with van der Waals surface area (Å²) < 4.78 is 11.2. The van der Waals surface area contributed by atoms with E-state index >= 15 is 0 Å². The number of benzene rings is 2. The van der Waals surface area contributed by atoms with E-state index in [4.69, 9.17) is 9.47 Å². The van der Waals surface area contributed by atoms with Crippen LogP contribution in [0, 0.1) is 0 Å². The van der Waals surface area contributed by atoms with Crippen LogP contribution in [0.1, 0.15) is 18.4 Å². The molecule has 3 rings (SSSR count). The molecule has 0 amide bonds. The van der Waals surface area contributed by atoms with Crippen LogP contribution in [0.15, 0.2) is 36.4 Å². The van der Waals surface area contributed by atoms with Gasteiger partial charge in [-0.05, 0) is 29.7 Å². The predicted molar refractivity (Wildman–Crippen MR) is 80.0 cm³/mol. The van der Waals surface area contributed by atoms with Crippen LogP contribution in [0.3, 0.4) is 0 Å². The Morgan fingerprint density at radius 2 is 2.15 bits per heavy atom. The van der Waals surface area contributed by atoms with E-state index in [1.165, 1.54) is 29.2 Å². The van der Waals surface area contributed by atoms with Crippen molar-refractivity contribution in [1.29, 1.82) is 0 Å². The van der Waals surface area contributed by atoms with Gasteiger partial charge in [-0.2, -0.15) is 0 Å². The zero-order valence-electron chi connectivity index (χ0n) is 12.0. The van der Waals surface area contributed by atoms with Crippen LogP contribution in [0.2, 0.25) is 0 Å². The third-order valence-electron chi connectivity index (χ3n) is 4.02. The van der Waals surface area contributed by atoms with Crippen molar-refractivity contribution in [3.8, 4) is 5.75 Å². The number of hydrogen-bond donors (Lipinski definition) is 1. The van der Waals surface area contributed by atoms with Crippen LogP contribution in [0.4, 0.5) is 0 Å². The molecule has 0 aliphatic carbocycles. The number of rotatable bonds is 5. The van der Waals surface area contributed by atoms with Crippen molar-refractivity contribution in [2.45, 2.75) is 25.5 Å². The molecule has 0 bridgehead atoms. The van der Waals surface area contributed by atoms with Gasteiger partial charge in [-0.15, -0.1) is 0 Å². The second kappa shape index (κ2) is 6.25. The van der Waals surface area contributed by atoms with E-state index in [1.54, 1.807) is 7.11 Å². The Morgan fingerprint density at radius 3 is 2.95 bits per heavy atom. The van der Waals surface area contributed by atoms with E-state index in [-0.39, 0.29) is 0 Å². The summed E-state index contributed by atoms with van der Waals surface area (Å²) in [4.78, 5) is 0. The van der Waals surface area contributed by atoms with Gasteiger partial charge in [0, 0.05) is 6.61 Å². The van der Waals surface area contributed by atoms with Crippen molar-refractivity contribution in [2.75, 3.05) is 20.3 Å². The highest BCUT2D eigenvalue weighted by Gasteiger charge is 2.17. The number of hydrogen-bond acceptors (Lipinski definition) is 2. The van der Waals surface area contributed by atoms with E-state index in [9.17, 15) is 0 Å². The van der Waals surface area contributed by atoms with Gasteiger partial charge in [0.25, 0.3) is 0 Å². The van der Waals surface area contributed by atoms with Gasteiger partial charge in [-0.25, -0.2) is 0 Å². The fourth-order valence-corrected chi connectivity index (χ4v) is 2.96. The van der Waals surface area contributed by atoms with Gasteiger partial charge in [-0.3, -0.25) is 0 Å². The van der Waals surface area contributed by atoms with Crippen molar-refractivity contribution in [2.24, 2.45) is 0 Å². The van der Waals surface area contributed by atoms with Gasteiger partial charge in [0.05, 0.1) is 12.7 Å². The van der Waals surface area contributed by atoms with Crippen LogP contribution in [0.25, 0.3) is 10.8 Å². The monoisotopic (exact) mass is 272 g/mol. The molecular formula is C17H22NO2+. The lowest BCUT2D eigenvalue weighted by Gasteiger charge is -2.13. The molecule has 3 heteroatoms. The first-order valence-electron chi connectivity index (χ1n) is 7.36. The molecule has 2 N–H and O–H groups in total. The summed E-state index contributed by atoms with van der Waals surface area (Å²) in [6.45, 7) is 2.90. The minimum absolute atomic E-state index is 0.427. The van der Waals surface area contributed by atoms with Gasteiger partial charge in [0.1, 0.15) is 24.9 Å². The average molecular weight is 272 g/mol. The summed E-state index contributed by atoms with van der Waals surface area (Å²) in [5.74, 6) is 0.979. The second-order valence-corrected chi connectivity index (χ2v) is 5.33. The van der Waals surface area contributed by atoms with Gasteiger partial charge in [-0.1, -0.05) is 30.3 Å². The minimum Gasteiger partial charge on any atom is -0.496 e. The van der Waals surface area contributed by atoms with E-state index in [0.717, 1.165) is 25.4 Å². The lowest BCUT2D eigenvalue weighted by atomic mass is 10.0. The van der Waals surface area contributed by atoms with Crippen molar-refractivity contribution in [1.82, 2.24) is 0 Å². The number of methoxy groups -OCH3 is 1. The van der Waals surface area contributed by atoms with Crippen LogP contribution in [-0.4, -0.2) is 26.4 Å². The number of quaternary nitrogens is 1. The summed E-state index contributed by atoms with van der Waals surface area (Å²) in [5, 5.41) is 4.89. The van der Waals surface area contributed by atoms with E-state index in [2.05, 4.69) is 41.7 Å². The highest BCUT2D eigenvalue weighted by molar-refractivity contribution is 5.87. The van der Waals surface area contributed by atoms with Crippen molar-refractivity contribution in [3.05, 3.63) is 42.0 Å². The maximum Gasteiger partial charge on any atom is 0.128 e. The normalized spacial score (nSPS) is 18.6. The molecule has 20 heavy (non-hydrogen) atoms. The Hall–Kier alpha value is -1.58. The standard InChI is InChI=1S/C17H21NO2/c1-19-17-9-8-13-5-2-3-7-15(13)16(17)12-18-11-14-6-4-10-20-14/h2-3,5,7-9,14,18H,4,6,10-12H2,1H3/p+1/t14-/m1/s1.